The van der Waals surface area contributed by atoms with Crippen molar-refractivity contribution in [1.82, 2.24) is 10.2 Å². The number of aryl methyl sites for hydroxylation is 3. The molecule has 1 heterocycles. The molecule has 0 bridgehead atoms. The van der Waals surface area contributed by atoms with Crippen LogP contribution in [0.3, 0.4) is 0 Å². The van der Waals surface area contributed by atoms with E-state index in [-0.39, 0.29) is 0 Å². The number of benzene rings is 2. The normalized spacial score (nSPS) is 10.7. The number of nitrogens with zero attached hydrogens (tertiary/aromatic N) is 2. The third-order valence-corrected chi connectivity index (χ3v) is 3.24. The van der Waals surface area contributed by atoms with Crippen molar-refractivity contribution in [2.24, 2.45) is 0 Å². The summed E-state index contributed by atoms with van der Waals surface area (Å²) in [7, 11) is 0. The molecule has 0 saturated heterocycles. The molecule has 0 unspecified atom stereocenters. The Morgan fingerprint density at radius 3 is 2.35 bits per heavy atom. The number of hydrogen-bond donors (Lipinski definition) is 0. The van der Waals surface area contributed by atoms with Crippen LogP contribution in [0.2, 0.25) is 0 Å². The van der Waals surface area contributed by atoms with Gasteiger partial charge in [0.15, 0.2) is 0 Å². The summed E-state index contributed by atoms with van der Waals surface area (Å²) in [4.78, 5) is 0. The zero-order valence-electron chi connectivity index (χ0n) is 11.4. The Morgan fingerprint density at radius 1 is 0.850 bits per heavy atom. The second-order valence-corrected chi connectivity index (χ2v) is 4.85. The van der Waals surface area contributed by atoms with E-state index in [0.29, 0.717) is 11.8 Å². The SMILES string of the molecule is Cc1ccc(-c2nnc(CCc3ccccc3)o2)cc1. The first-order valence-corrected chi connectivity index (χ1v) is 6.74. The van der Waals surface area contributed by atoms with E-state index in [1.54, 1.807) is 0 Å². The monoisotopic (exact) mass is 264 g/mol. The van der Waals surface area contributed by atoms with Gasteiger partial charge in [-0.25, -0.2) is 0 Å². The van der Waals surface area contributed by atoms with E-state index in [4.69, 9.17) is 4.42 Å². The highest BCUT2D eigenvalue weighted by atomic mass is 16.4. The van der Waals surface area contributed by atoms with Crippen LogP contribution < -0.4 is 0 Å². The van der Waals surface area contributed by atoms with E-state index in [1.807, 2.05) is 42.5 Å². The highest BCUT2D eigenvalue weighted by molar-refractivity contribution is 5.52. The zero-order chi connectivity index (χ0) is 13.8. The number of rotatable bonds is 4. The molecule has 0 fully saturated rings. The van der Waals surface area contributed by atoms with Gasteiger partial charge in [-0.15, -0.1) is 10.2 Å². The third-order valence-electron chi connectivity index (χ3n) is 3.24. The molecule has 3 nitrogen and oxygen atoms in total. The molecule has 3 aromatic rings. The van der Waals surface area contributed by atoms with Gasteiger partial charge in [0, 0.05) is 12.0 Å². The second kappa shape index (κ2) is 5.70. The van der Waals surface area contributed by atoms with Gasteiger partial charge in [-0.3, -0.25) is 0 Å². The molecule has 100 valence electrons. The average Bonchev–Trinajstić information content (AvgIpc) is 2.96. The molecular formula is C17H16N2O. The van der Waals surface area contributed by atoms with Gasteiger partial charge >= 0.3 is 0 Å². The standard InChI is InChI=1S/C17H16N2O/c1-13-7-10-15(11-8-13)17-19-18-16(20-17)12-9-14-5-3-2-4-6-14/h2-8,10-11H,9,12H2,1H3. The van der Waals surface area contributed by atoms with Crippen molar-refractivity contribution in [3.05, 3.63) is 71.6 Å². The smallest absolute Gasteiger partial charge is 0.247 e. The molecule has 2 aromatic carbocycles. The lowest BCUT2D eigenvalue weighted by molar-refractivity contribution is 0.504. The van der Waals surface area contributed by atoms with E-state index >= 15 is 0 Å². The van der Waals surface area contributed by atoms with Crippen LogP contribution in [-0.4, -0.2) is 10.2 Å². The van der Waals surface area contributed by atoms with Crippen molar-refractivity contribution >= 4 is 0 Å². The maximum absolute atomic E-state index is 5.71. The molecule has 0 N–H and O–H groups in total. The molecular weight excluding hydrogens is 248 g/mol. The predicted molar refractivity (Wildman–Crippen MR) is 78.3 cm³/mol. The van der Waals surface area contributed by atoms with Crippen LogP contribution >= 0.6 is 0 Å². The summed E-state index contributed by atoms with van der Waals surface area (Å²) in [5, 5.41) is 8.23. The van der Waals surface area contributed by atoms with Gasteiger partial charge in [0.25, 0.3) is 0 Å². The molecule has 0 amide bonds. The summed E-state index contributed by atoms with van der Waals surface area (Å²) in [6.07, 6.45) is 1.68. The Morgan fingerprint density at radius 2 is 1.60 bits per heavy atom. The molecule has 3 rings (SSSR count). The van der Waals surface area contributed by atoms with Gasteiger partial charge in [-0.2, -0.15) is 0 Å². The van der Waals surface area contributed by atoms with Crippen LogP contribution in [0, 0.1) is 6.92 Å². The van der Waals surface area contributed by atoms with E-state index in [1.165, 1.54) is 11.1 Å². The van der Waals surface area contributed by atoms with Gasteiger partial charge in [0.05, 0.1) is 0 Å². The van der Waals surface area contributed by atoms with Crippen LogP contribution in [0.25, 0.3) is 11.5 Å². The first kappa shape index (κ1) is 12.6. The Hall–Kier alpha value is -2.42. The zero-order valence-corrected chi connectivity index (χ0v) is 11.4. The average molecular weight is 264 g/mol. The van der Waals surface area contributed by atoms with Crippen LogP contribution in [0.1, 0.15) is 17.0 Å². The molecule has 0 aliphatic rings. The van der Waals surface area contributed by atoms with E-state index in [9.17, 15) is 0 Å². The summed E-state index contributed by atoms with van der Waals surface area (Å²) >= 11 is 0. The van der Waals surface area contributed by atoms with Gasteiger partial charge in [0.2, 0.25) is 11.8 Å². The quantitative estimate of drug-likeness (QED) is 0.719. The highest BCUT2D eigenvalue weighted by Gasteiger charge is 2.08. The van der Waals surface area contributed by atoms with Crippen molar-refractivity contribution < 1.29 is 4.42 Å². The van der Waals surface area contributed by atoms with Crippen molar-refractivity contribution in [2.45, 2.75) is 19.8 Å². The lowest BCUT2D eigenvalue weighted by Gasteiger charge is -1.97. The molecule has 20 heavy (non-hydrogen) atoms. The molecule has 0 spiro atoms. The van der Waals surface area contributed by atoms with E-state index in [2.05, 4.69) is 29.3 Å². The maximum Gasteiger partial charge on any atom is 0.247 e. The van der Waals surface area contributed by atoms with Crippen molar-refractivity contribution in [2.75, 3.05) is 0 Å². The maximum atomic E-state index is 5.71. The Kier molecular flexibility index (Phi) is 3.59. The fraction of sp³-hybridized carbons (Fsp3) is 0.176. The highest BCUT2D eigenvalue weighted by Crippen LogP contribution is 2.18. The second-order valence-electron chi connectivity index (χ2n) is 4.85. The Balaban J connectivity index is 1.69. The van der Waals surface area contributed by atoms with E-state index in [0.717, 1.165) is 18.4 Å². The van der Waals surface area contributed by atoms with Gasteiger partial charge in [0.1, 0.15) is 0 Å². The van der Waals surface area contributed by atoms with Gasteiger partial charge in [-0.05, 0) is 31.0 Å². The molecule has 0 aliphatic carbocycles. The first-order valence-electron chi connectivity index (χ1n) is 6.74. The first-order chi connectivity index (χ1) is 9.81. The summed E-state index contributed by atoms with van der Waals surface area (Å²) < 4.78 is 5.71. The van der Waals surface area contributed by atoms with Crippen molar-refractivity contribution in [1.29, 1.82) is 0 Å². The van der Waals surface area contributed by atoms with Crippen molar-refractivity contribution in [3.63, 3.8) is 0 Å². The molecule has 1 aromatic heterocycles. The lowest BCUT2D eigenvalue weighted by Crippen LogP contribution is -1.90. The summed E-state index contributed by atoms with van der Waals surface area (Å²) in [6, 6.07) is 18.4. The van der Waals surface area contributed by atoms with Crippen LogP contribution in [0.15, 0.2) is 59.0 Å². The Bertz CT molecular complexity index is 672. The fourth-order valence-corrected chi connectivity index (χ4v) is 2.06. The molecule has 3 heteroatoms. The minimum absolute atomic E-state index is 0.591. The Labute approximate surface area is 118 Å². The molecule has 0 atom stereocenters. The largest absolute Gasteiger partial charge is 0.421 e. The predicted octanol–water partition coefficient (Wildman–Crippen LogP) is 3.83. The van der Waals surface area contributed by atoms with Crippen LogP contribution in [0.4, 0.5) is 0 Å². The fourth-order valence-electron chi connectivity index (χ4n) is 2.06. The number of hydrogen-bond acceptors (Lipinski definition) is 3. The molecule has 0 radical (unpaired) electrons. The minimum Gasteiger partial charge on any atom is -0.421 e. The molecule has 0 aliphatic heterocycles. The minimum atomic E-state index is 0.591. The topological polar surface area (TPSA) is 38.9 Å². The van der Waals surface area contributed by atoms with Gasteiger partial charge in [-0.1, -0.05) is 48.0 Å². The van der Waals surface area contributed by atoms with E-state index < -0.39 is 0 Å². The summed E-state index contributed by atoms with van der Waals surface area (Å²) in [6.45, 7) is 2.06. The van der Waals surface area contributed by atoms with Gasteiger partial charge < -0.3 is 4.42 Å². The summed E-state index contributed by atoms with van der Waals surface area (Å²) in [5.74, 6) is 1.28. The number of aromatic nitrogens is 2. The third kappa shape index (κ3) is 2.94. The molecule has 0 saturated carbocycles. The van der Waals surface area contributed by atoms with Crippen LogP contribution in [0.5, 0.6) is 0 Å². The van der Waals surface area contributed by atoms with Crippen LogP contribution in [-0.2, 0) is 12.8 Å². The summed E-state index contributed by atoms with van der Waals surface area (Å²) in [5.41, 5.74) is 3.47. The lowest BCUT2D eigenvalue weighted by atomic mass is 10.1. The van der Waals surface area contributed by atoms with Crippen molar-refractivity contribution in [3.8, 4) is 11.5 Å².